The number of aliphatic imine (C=N–C) groups is 1. The Morgan fingerprint density at radius 2 is 2.46 bits per heavy atom. The van der Waals surface area contributed by atoms with Crippen molar-refractivity contribution in [2.24, 2.45) is 10.1 Å². The molecular weight excluding hydrogens is 184 g/mol. The van der Waals surface area contributed by atoms with Crippen LogP contribution in [-0.4, -0.2) is 12.6 Å². The highest BCUT2D eigenvalue weighted by atomic mass is 32.1. The lowest BCUT2D eigenvalue weighted by molar-refractivity contribution is 0.917. The van der Waals surface area contributed by atoms with Crippen molar-refractivity contribution in [3.8, 4) is 0 Å². The monoisotopic (exact) mass is 190 g/mol. The molecule has 3 rings (SSSR count). The molecule has 0 saturated heterocycles. The standard InChI is InChI=1S/C8H6N4S/c1-2-13-8-6(1)3-9-4-7-11-10-5-12(7)8/h1-5,11H. The Bertz CT molecular complexity index is 429. The zero-order chi connectivity index (χ0) is 8.67. The van der Waals surface area contributed by atoms with Crippen LogP contribution >= 0.6 is 11.3 Å². The van der Waals surface area contributed by atoms with Crippen molar-refractivity contribution >= 4 is 28.9 Å². The van der Waals surface area contributed by atoms with E-state index in [-0.39, 0.29) is 0 Å². The summed E-state index contributed by atoms with van der Waals surface area (Å²) in [7, 11) is 0. The van der Waals surface area contributed by atoms with Gasteiger partial charge in [-0.25, -0.2) is 0 Å². The number of nitrogens with one attached hydrogen (secondary N) is 1. The minimum Gasteiger partial charge on any atom is -0.273 e. The Morgan fingerprint density at radius 1 is 1.46 bits per heavy atom. The maximum absolute atomic E-state index is 4.16. The SMILES string of the molecule is C1=NC=C2NN=CN2c2sccc21. The highest BCUT2D eigenvalue weighted by molar-refractivity contribution is 7.14. The summed E-state index contributed by atoms with van der Waals surface area (Å²) >= 11 is 1.68. The van der Waals surface area contributed by atoms with Gasteiger partial charge in [-0.05, 0) is 11.4 Å². The summed E-state index contributed by atoms with van der Waals surface area (Å²) in [5.74, 6) is 0.900. The Labute approximate surface area is 78.9 Å². The third-order valence-electron chi connectivity index (χ3n) is 1.92. The Morgan fingerprint density at radius 3 is 3.46 bits per heavy atom. The molecule has 0 radical (unpaired) electrons. The number of hydrazone groups is 1. The van der Waals surface area contributed by atoms with Gasteiger partial charge in [0.15, 0.2) is 5.82 Å². The van der Waals surface area contributed by atoms with Gasteiger partial charge in [-0.15, -0.1) is 11.3 Å². The van der Waals surface area contributed by atoms with Crippen molar-refractivity contribution < 1.29 is 0 Å². The maximum Gasteiger partial charge on any atom is 0.151 e. The van der Waals surface area contributed by atoms with Crippen LogP contribution in [-0.2, 0) is 0 Å². The fraction of sp³-hybridized carbons (Fsp3) is 0. The molecule has 64 valence electrons. The Balaban J connectivity index is 2.21. The van der Waals surface area contributed by atoms with Crippen LogP contribution < -0.4 is 10.3 Å². The van der Waals surface area contributed by atoms with E-state index in [0.29, 0.717) is 0 Å². The average molecular weight is 190 g/mol. The largest absolute Gasteiger partial charge is 0.273 e. The van der Waals surface area contributed by atoms with Crippen LogP contribution in [0.15, 0.2) is 33.6 Å². The third kappa shape index (κ3) is 0.905. The third-order valence-corrected chi connectivity index (χ3v) is 2.84. The van der Waals surface area contributed by atoms with Crippen LogP contribution in [0.4, 0.5) is 5.00 Å². The number of hydrogen-bond donors (Lipinski definition) is 1. The van der Waals surface area contributed by atoms with Crippen molar-refractivity contribution in [2.45, 2.75) is 0 Å². The Kier molecular flexibility index (Phi) is 1.28. The fourth-order valence-corrected chi connectivity index (χ4v) is 2.17. The summed E-state index contributed by atoms with van der Waals surface area (Å²) in [4.78, 5) is 6.16. The van der Waals surface area contributed by atoms with Gasteiger partial charge in [0.25, 0.3) is 0 Å². The molecule has 13 heavy (non-hydrogen) atoms. The molecule has 1 N–H and O–H groups in total. The predicted molar refractivity (Wildman–Crippen MR) is 54.1 cm³/mol. The highest BCUT2D eigenvalue weighted by Gasteiger charge is 2.19. The summed E-state index contributed by atoms with van der Waals surface area (Å²) in [6, 6.07) is 2.05. The van der Waals surface area contributed by atoms with Gasteiger partial charge in [-0.2, -0.15) is 5.10 Å². The minimum absolute atomic E-state index is 0.900. The van der Waals surface area contributed by atoms with Gasteiger partial charge in [-0.1, -0.05) is 0 Å². The summed E-state index contributed by atoms with van der Waals surface area (Å²) in [5, 5.41) is 7.16. The lowest BCUT2D eigenvalue weighted by Gasteiger charge is -2.12. The quantitative estimate of drug-likeness (QED) is 0.670. The van der Waals surface area contributed by atoms with E-state index in [2.05, 4.69) is 15.5 Å². The molecule has 2 aliphatic heterocycles. The lowest BCUT2D eigenvalue weighted by Crippen LogP contribution is -2.19. The molecule has 0 unspecified atom stereocenters. The molecule has 0 bridgehead atoms. The van der Waals surface area contributed by atoms with Gasteiger partial charge >= 0.3 is 0 Å². The molecule has 0 saturated carbocycles. The molecule has 0 fully saturated rings. The van der Waals surface area contributed by atoms with Crippen LogP contribution in [0.25, 0.3) is 0 Å². The van der Waals surface area contributed by atoms with E-state index in [1.165, 1.54) is 0 Å². The molecule has 2 aliphatic rings. The second-order valence-corrected chi connectivity index (χ2v) is 3.59. The summed E-state index contributed by atoms with van der Waals surface area (Å²) in [5.41, 5.74) is 4.01. The first-order chi connectivity index (χ1) is 6.45. The van der Waals surface area contributed by atoms with Gasteiger partial charge < -0.3 is 0 Å². The summed E-state index contributed by atoms with van der Waals surface area (Å²) in [6.07, 6.45) is 5.38. The first kappa shape index (κ1) is 6.85. The van der Waals surface area contributed by atoms with Crippen molar-refractivity contribution in [1.82, 2.24) is 5.43 Å². The minimum atomic E-state index is 0.900. The number of hydrogen-bond acceptors (Lipinski definition) is 5. The zero-order valence-electron chi connectivity index (χ0n) is 6.64. The van der Waals surface area contributed by atoms with E-state index >= 15 is 0 Å². The molecule has 1 aromatic rings. The van der Waals surface area contributed by atoms with E-state index in [0.717, 1.165) is 16.4 Å². The fourth-order valence-electron chi connectivity index (χ4n) is 1.32. The molecule has 4 nitrogen and oxygen atoms in total. The molecule has 5 heteroatoms. The lowest BCUT2D eigenvalue weighted by atomic mass is 10.3. The highest BCUT2D eigenvalue weighted by Crippen LogP contribution is 2.30. The molecular formula is C8H6N4S. The summed E-state index contributed by atoms with van der Waals surface area (Å²) in [6.45, 7) is 0. The normalized spacial score (nSPS) is 17.5. The van der Waals surface area contributed by atoms with E-state index in [1.807, 2.05) is 22.6 Å². The van der Waals surface area contributed by atoms with Crippen molar-refractivity contribution in [2.75, 3.05) is 4.90 Å². The Hall–Kier alpha value is -1.62. The molecule has 0 amide bonds. The second kappa shape index (κ2) is 2.43. The molecule has 0 aromatic carbocycles. The first-order valence-electron chi connectivity index (χ1n) is 3.84. The summed E-state index contributed by atoms with van der Waals surface area (Å²) < 4.78 is 0. The maximum atomic E-state index is 4.16. The number of rotatable bonds is 0. The van der Waals surface area contributed by atoms with Crippen molar-refractivity contribution in [3.05, 3.63) is 29.0 Å². The average Bonchev–Trinajstić information content (AvgIpc) is 2.72. The molecule has 0 atom stereocenters. The van der Waals surface area contributed by atoms with E-state index in [9.17, 15) is 0 Å². The van der Waals surface area contributed by atoms with Crippen molar-refractivity contribution in [3.63, 3.8) is 0 Å². The predicted octanol–water partition coefficient (Wildman–Crippen LogP) is 1.33. The number of anilines is 1. The molecule has 1 aromatic heterocycles. The molecule has 0 aliphatic carbocycles. The molecule has 3 heterocycles. The van der Waals surface area contributed by atoms with Gasteiger partial charge in [0, 0.05) is 11.8 Å². The van der Waals surface area contributed by atoms with Gasteiger partial charge in [0.2, 0.25) is 0 Å². The van der Waals surface area contributed by atoms with Crippen LogP contribution in [0.2, 0.25) is 0 Å². The van der Waals surface area contributed by atoms with E-state index < -0.39 is 0 Å². The van der Waals surface area contributed by atoms with E-state index in [4.69, 9.17) is 0 Å². The smallest absolute Gasteiger partial charge is 0.151 e. The van der Waals surface area contributed by atoms with Crippen LogP contribution in [0.1, 0.15) is 5.56 Å². The van der Waals surface area contributed by atoms with Crippen LogP contribution in [0, 0.1) is 0 Å². The number of nitrogens with zero attached hydrogens (tertiary/aromatic N) is 3. The van der Waals surface area contributed by atoms with Gasteiger partial charge in [-0.3, -0.25) is 15.3 Å². The van der Waals surface area contributed by atoms with Crippen LogP contribution in [0.5, 0.6) is 0 Å². The number of thiophene rings is 1. The zero-order valence-corrected chi connectivity index (χ0v) is 7.45. The first-order valence-corrected chi connectivity index (χ1v) is 4.72. The van der Waals surface area contributed by atoms with Gasteiger partial charge in [0.05, 0.1) is 6.20 Å². The second-order valence-electron chi connectivity index (χ2n) is 2.70. The van der Waals surface area contributed by atoms with Crippen molar-refractivity contribution in [1.29, 1.82) is 0 Å². The van der Waals surface area contributed by atoms with Crippen LogP contribution in [0.3, 0.4) is 0 Å². The number of fused-ring (bicyclic) bond motifs is 3. The topological polar surface area (TPSA) is 40.0 Å². The van der Waals surface area contributed by atoms with E-state index in [1.54, 1.807) is 23.9 Å². The van der Waals surface area contributed by atoms with Gasteiger partial charge in [0.1, 0.15) is 11.3 Å². The molecule has 0 spiro atoms.